The van der Waals surface area contributed by atoms with Crippen LogP contribution in [0.2, 0.25) is 0 Å². The molecular formula is C22H27NO. The topological polar surface area (TPSA) is 20.3 Å². The number of piperidine rings is 1. The van der Waals surface area contributed by atoms with Gasteiger partial charge in [-0.2, -0.15) is 0 Å². The highest BCUT2D eigenvalue weighted by molar-refractivity contribution is 5.76. The van der Waals surface area contributed by atoms with Crippen molar-refractivity contribution in [3.05, 3.63) is 71.3 Å². The van der Waals surface area contributed by atoms with Crippen LogP contribution in [0.15, 0.2) is 54.6 Å². The van der Waals surface area contributed by atoms with Gasteiger partial charge >= 0.3 is 0 Å². The highest BCUT2D eigenvalue weighted by Crippen LogP contribution is 2.35. The van der Waals surface area contributed by atoms with E-state index < -0.39 is 0 Å². The van der Waals surface area contributed by atoms with Gasteiger partial charge in [-0.3, -0.25) is 4.79 Å². The van der Waals surface area contributed by atoms with E-state index >= 15 is 0 Å². The van der Waals surface area contributed by atoms with Gasteiger partial charge in [-0.15, -0.1) is 0 Å². The first-order valence-electron chi connectivity index (χ1n) is 8.96. The lowest BCUT2D eigenvalue weighted by atomic mass is 9.74. The molecule has 1 aliphatic heterocycles. The zero-order valence-corrected chi connectivity index (χ0v) is 14.8. The zero-order chi connectivity index (χ0) is 17.0. The van der Waals surface area contributed by atoms with Gasteiger partial charge in [0.2, 0.25) is 5.91 Å². The van der Waals surface area contributed by atoms with Crippen LogP contribution in [0, 0.1) is 6.92 Å². The second kappa shape index (κ2) is 7.21. The molecule has 0 aliphatic carbocycles. The number of hydrogen-bond donors (Lipinski definition) is 0. The maximum atomic E-state index is 12.6. The summed E-state index contributed by atoms with van der Waals surface area (Å²) in [7, 11) is 0. The number of aryl methyl sites for hydroxylation is 2. The van der Waals surface area contributed by atoms with Crippen molar-refractivity contribution < 1.29 is 4.79 Å². The monoisotopic (exact) mass is 321 g/mol. The van der Waals surface area contributed by atoms with Crippen LogP contribution in [0.1, 0.15) is 42.9 Å². The van der Waals surface area contributed by atoms with E-state index in [0.29, 0.717) is 12.3 Å². The second-order valence-electron chi connectivity index (χ2n) is 7.23. The Morgan fingerprint density at radius 3 is 2.29 bits per heavy atom. The summed E-state index contributed by atoms with van der Waals surface area (Å²) in [5.74, 6) is 0.299. The van der Waals surface area contributed by atoms with E-state index in [4.69, 9.17) is 0 Å². The molecule has 0 atom stereocenters. The molecule has 1 amide bonds. The first kappa shape index (κ1) is 16.8. The van der Waals surface area contributed by atoms with Gasteiger partial charge in [-0.25, -0.2) is 0 Å². The van der Waals surface area contributed by atoms with E-state index in [1.165, 1.54) is 16.7 Å². The van der Waals surface area contributed by atoms with Gasteiger partial charge in [0.05, 0.1) is 0 Å². The van der Waals surface area contributed by atoms with Gasteiger partial charge in [0, 0.05) is 19.5 Å². The molecule has 0 aromatic heterocycles. The molecule has 2 heteroatoms. The smallest absolute Gasteiger partial charge is 0.222 e. The summed E-state index contributed by atoms with van der Waals surface area (Å²) in [6.07, 6.45) is 3.56. The van der Waals surface area contributed by atoms with Crippen LogP contribution in [0.5, 0.6) is 0 Å². The third-order valence-corrected chi connectivity index (χ3v) is 5.56. The highest BCUT2D eigenvalue weighted by atomic mass is 16.2. The fraction of sp³-hybridized carbons (Fsp3) is 0.409. The van der Waals surface area contributed by atoms with Gasteiger partial charge in [0.1, 0.15) is 0 Å². The Bertz CT molecular complexity index is 684. The summed E-state index contributed by atoms with van der Waals surface area (Å²) in [5.41, 5.74) is 4.17. The van der Waals surface area contributed by atoms with Gasteiger partial charge in [0.25, 0.3) is 0 Å². The molecule has 0 spiro atoms. The summed E-state index contributed by atoms with van der Waals surface area (Å²) in [6, 6.07) is 19.1. The first-order chi connectivity index (χ1) is 11.6. The minimum atomic E-state index is 0.202. The lowest BCUT2D eigenvalue weighted by Gasteiger charge is -2.40. The minimum absolute atomic E-state index is 0.202. The van der Waals surface area contributed by atoms with Crippen LogP contribution >= 0.6 is 0 Å². The fourth-order valence-corrected chi connectivity index (χ4v) is 3.67. The second-order valence-corrected chi connectivity index (χ2v) is 7.23. The number of nitrogens with zero attached hydrogens (tertiary/aromatic N) is 1. The van der Waals surface area contributed by atoms with Crippen LogP contribution in [0.25, 0.3) is 0 Å². The van der Waals surface area contributed by atoms with Crippen molar-refractivity contribution in [2.45, 2.75) is 44.9 Å². The Balaban J connectivity index is 1.55. The van der Waals surface area contributed by atoms with Crippen LogP contribution in [-0.4, -0.2) is 23.9 Å². The van der Waals surface area contributed by atoms with E-state index in [9.17, 15) is 4.79 Å². The molecule has 126 valence electrons. The first-order valence-corrected chi connectivity index (χ1v) is 8.96. The summed E-state index contributed by atoms with van der Waals surface area (Å²) >= 11 is 0. The quantitative estimate of drug-likeness (QED) is 0.811. The lowest BCUT2D eigenvalue weighted by molar-refractivity contribution is -0.132. The molecule has 1 heterocycles. The molecular weight excluding hydrogens is 294 g/mol. The maximum Gasteiger partial charge on any atom is 0.222 e. The summed E-state index contributed by atoms with van der Waals surface area (Å²) in [4.78, 5) is 14.6. The van der Waals surface area contributed by atoms with Crippen molar-refractivity contribution in [3.63, 3.8) is 0 Å². The molecule has 0 N–H and O–H groups in total. The van der Waals surface area contributed by atoms with Gasteiger partial charge < -0.3 is 4.90 Å². The Kier molecular flexibility index (Phi) is 5.03. The summed E-state index contributed by atoms with van der Waals surface area (Å²) in [6.45, 7) is 6.19. The van der Waals surface area contributed by atoms with Crippen LogP contribution < -0.4 is 0 Å². The third-order valence-electron chi connectivity index (χ3n) is 5.56. The molecule has 1 saturated heterocycles. The lowest BCUT2D eigenvalue weighted by Crippen LogP contribution is -2.44. The van der Waals surface area contributed by atoms with Crippen molar-refractivity contribution in [2.75, 3.05) is 13.1 Å². The molecule has 2 aromatic carbocycles. The van der Waals surface area contributed by atoms with Crippen LogP contribution in [-0.2, 0) is 16.6 Å². The number of likely N-dealkylation sites (tertiary alicyclic amines) is 1. The molecule has 3 rings (SSSR count). The largest absolute Gasteiger partial charge is 0.343 e. The predicted molar refractivity (Wildman–Crippen MR) is 99.1 cm³/mol. The van der Waals surface area contributed by atoms with E-state index in [1.807, 2.05) is 0 Å². The van der Waals surface area contributed by atoms with Crippen molar-refractivity contribution >= 4 is 5.91 Å². The number of amides is 1. The number of carbonyl (C=O) groups excluding carboxylic acids is 1. The van der Waals surface area contributed by atoms with Crippen molar-refractivity contribution in [1.82, 2.24) is 4.90 Å². The van der Waals surface area contributed by atoms with E-state index in [0.717, 1.165) is 32.4 Å². The van der Waals surface area contributed by atoms with Gasteiger partial charge in [0.15, 0.2) is 0 Å². The van der Waals surface area contributed by atoms with E-state index in [-0.39, 0.29) is 5.41 Å². The summed E-state index contributed by atoms with van der Waals surface area (Å²) < 4.78 is 0. The molecule has 0 unspecified atom stereocenters. The highest BCUT2D eigenvalue weighted by Gasteiger charge is 2.32. The third kappa shape index (κ3) is 3.69. The Hall–Kier alpha value is -2.09. The molecule has 24 heavy (non-hydrogen) atoms. The molecule has 0 bridgehead atoms. The predicted octanol–water partition coefficient (Wildman–Crippen LogP) is 4.51. The summed E-state index contributed by atoms with van der Waals surface area (Å²) in [5, 5.41) is 0. The van der Waals surface area contributed by atoms with Crippen molar-refractivity contribution in [2.24, 2.45) is 0 Å². The molecule has 0 radical (unpaired) electrons. The molecule has 1 fully saturated rings. The molecule has 0 saturated carbocycles. The van der Waals surface area contributed by atoms with Crippen molar-refractivity contribution in [1.29, 1.82) is 0 Å². The number of hydrogen-bond acceptors (Lipinski definition) is 1. The Morgan fingerprint density at radius 2 is 1.62 bits per heavy atom. The molecule has 2 nitrogen and oxygen atoms in total. The zero-order valence-electron chi connectivity index (χ0n) is 14.8. The fourth-order valence-electron chi connectivity index (χ4n) is 3.67. The average Bonchev–Trinajstić information content (AvgIpc) is 2.62. The standard InChI is InChI=1S/C22H27NO/c1-18-8-6-7-9-19(18)12-13-21(24)23-16-14-22(2,15-17-23)20-10-4-3-5-11-20/h3-11H,12-17H2,1-2H3. The van der Waals surface area contributed by atoms with Gasteiger partial charge in [-0.1, -0.05) is 61.5 Å². The van der Waals surface area contributed by atoms with Crippen LogP contribution in [0.3, 0.4) is 0 Å². The number of carbonyl (C=O) groups is 1. The molecule has 2 aromatic rings. The Morgan fingerprint density at radius 1 is 1.00 bits per heavy atom. The molecule has 1 aliphatic rings. The maximum absolute atomic E-state index is 12.6. The Labute approximate surface area is 145 Å². The SMILES string of the molecule is Cc1ccccc1CCC(=O)N1CCC(C)(c2ccccc2)CC1. The van der Waals surface area contributed by atoms with E-state index in [2.05, 4.69) is 73.3 Å². The number of rotatable bonds is 4. The minimum Gasteiger partial charge on any atom is -0.343 e. The normalized spacial score (nSPS) is 16.8. The van der Waals surface area contributed by atoms with Gasteiger partial charge in [-0.05, 0) is 48.3 Å². The number of benzene rings is 2. The van der Waals surface area contributed by atoms with Crippen molar-refractivity contribution in [3.8, 4) is 0 Å². The average molecular weight is 321 g/mol. The van der Waals surface area contributed by atoms with Crippen LogP contribution in [0.4, 0.5) is 0 Å². The van der Waals surface area contributed by atoms with E-state index in [1.54, 1.807) is 0 Å².